The van der Waals surface area contributed by atoms with Gasteiger partial charge in [-0.05, 0) is 55.5 Å². The minimum atomic E-state index is -0.0640. The predicted octanol–water partition coefficient (Wildman–Crippen LogP) is 3.98. The van der Waals surface area contributed by atoms with Crippen LogP contribution >= 0.6 is 11.3 Å². The quantitative estimate of drug-likeness (QED) is 0.827. The van der Waals surface area contributed by atoms with Crippen molar-refractivity contribution >= 4 is 11.3 Å². The highest BCUT2D eigenvalue weighted by molar-refractivity contribution is 7.10. The Bertz CT molecular complexity index is 350. The lowest BCUT2D eigenvalue weighted by atomic mass is 9.87. The maximum Gasteiger partial charge on any atom is 0.0543 e. The van der Waals surface area contributed by atoms with Crippen molar-refractivity contribution in [2.45, 2.75) is 58.1 Å². The minimum absolute atomic E-state index is 0.0640. The number of hydrogen-bond acceptors (Lipinski definition) is 3. The van der Waals surface area contributed by atoms with Crippen LogP contribution in [0.2, 0.25) is 0 Å². The maximum absolute atomic E-state index is 9.75. The first-order valence-electron chi connectivity index (χ1n) is 7.60. The molecular weight excluding hydrogens is 254 g/mol. The van der Waals surface area contributed by atoms with Gasteiger partial charge in [-0.1, -0.05) is 26.3 Å². The van der Waals surface area contributed by atoms with E-state index in [4.69, 9.17) is 0 Å². The molecule has 2 nitrogen and oxygen atoms in total. The molecule has 1 saturated carbocycles. The smallest absolute Gasteiger partial charge is 0.0543 e. The Morgan fingerprint density at radius 2 is 2.26 bits per heavy atom. The van der Waals surface area contributed by atoms with Crippen LogP contribution in [0, 0.1) is 11.8 Å². The van der Waals surface area contributed by atoms with Gasteiger partial charge in [0.1, 0.15) is 0 Å². The van der Waals surface area contributed by atoms with Crippen LogP contribution in [0.15, 0.2) is 17.5 Å². The minimum Gasteiger partial charge on any atom is -0.393 e. The van der Waals surface area contributed by atoms with Crippen LogP contribution in [-0.4, -0.2) is 17.8 Å². The molecule has 1 fully saturated rings. The number of nitrogens with one attached hydrogen (secondary N) is 1. The van der Waals surface area contributed by atoms with Crippen LogP contribution in [0.3, 0.4) is 0 Å². The van der Waals surface area contributed by atoms with Crippen molar-refractivity contribution in [3.05, 3.63) is 22.4 Å². The van der Waals surface area contributed by atoms with Crippen molar-refractivity contribution in [3.8, 4) is 0 Å². The first kappa shape index (κ1) is 15.0. The molecule has 1 aliphatic carbocycles. The Morgan fingerprint density at radius 3 is 2.89 bits per heavy atom. The maximum atomic E-state index is 9.75. The van der Waals surface area contributed by atoms with Crippen LogP contribution in [0.25, 0.3) is 0 Å². The highest BCUT2D eigenvalue weighted by Gasteiger charge is 2.22. The second kappa shape index (κ2) is 7.41. The molecule has 0 aliphatic heterocycles. The molecule has 0 radical (unpaired) electrons. The highest BCUT2D eigenvalue weighted by Crippen LogP contribution is 2.28. The molecule has 0 aromatic carbocycles. The van der Waals surface area contributed by atoms with Crippen molar-refractivity contribution in [2.24, 2.45) is 11.8 Å². The molecule has 1 aromatic rings. The molecule has 0 saturated heterocycles. The average Bonchev–Trinajstić information content (AvgIpc) is 2.88. The summed E-state index contributed by atoms with van der Waals surface area (Å²) in [5, 5.41) is 15.7. The zero-order chi connectivity index (χ0) is 13.7. The van der Waals surface area contributed by atoms with Crippen LogP contribution in [-0.2, 0) is 0 Å². The third-order valence-corrected chi connectivity index (χ3v) is 4.99. The van der Waals surface area contributed by atoms with Gasteiger partial charge in [-0.3, -0.25) is 0 Å². The molecule has 1 aromatic heterocycles. The predicted molar refractivity (Wildman–Crippen MR) is 82.5 cm³/mol. The summed E-state index contributed by atoms with van der Waals surface area (Å²) in [6.07, 6.45) is 5.55. The lowest BCUT2D eigenvalue weighted by Crippen LogP contribution is -2.32. The van der Waals surface area contributed by atoms with Crippen LogP contribution in [0.1, 0.15) is 56.9 Å². The van der Waals surface area contributed by atoms with E-state index >= 15 is 0 Å². The van der Waals surface area contributed by atoms with E-state index in [9.17, 15) is 5.11 Å². The largest absolute Gasteiger partial charge is 0.393 e. The first-order chi connectivity index (χ1) is 9.15. The normalized spacial score (nSPS) is 25.7. The van der Waals surface area contributed by atoms with Gasteiger partial charge in [0, 0.05) is 10.9 Å². The van der Waals surface area contributed by atoms with Gasteiger partial charge in [0.05, 0.1) is 6.10 Å². The Kier molecular flexibility index (Phi) is 5.86. The van der Waals surface area contributed by atoms with Gasteiger partial charge in [-0.25, -0.2) is 0 Å². The fourth-order valence-electron chi connectivity index (χ4n) is 3.02. The van der Waals surface area contributed by atoms with Gasteiger partial charge < -0.3 is 10.4 Å². The SMILES string of the molecule is CC(C)CC(NCC1CCCC(O)C1)c1cccs1. The molecule has 3 heteroatoms. The molecule has 0 spiro atoms. The van der Waals surface area contributed by atoms with Crippen molar-refractivity contribution in [1.29, 1.82) is 0 Å². The van der Waals surface area contributed by atoms with Gasteiger partial charge >= 0.3 is 0 Å². The summed E-state index contributed by atoms with van der Waals surface area (Å²) in [6, 6.07) is 4.86. The standard InChI is InChI=1S/C16H27NOS/c1-12(2)9-15(16-7-4-8-19-16)17-11-13-5-3-6-14(18)10-13/h4,7-8,12-15,17-18H,3,5-6,9-11H2,1-2H3. The zero-order valence-electron chi connectivity index (χ0n) is 12.1. The zero-order valence-corrected chi connectivity index (χ0v) is 13.0. The monoisotopic (exact) mass is 281 g/mol. The van der Waals surface area contributed by atoms with Crippen LogP contribution < -0.4 is 5.32 Å². The van der Waals surface area contributed by atoms with E-state index in [1.54, 1.807) is 0 Å². The molecule has 3 unspecified atom stereocenters. The summed E-state index contributed by atoms with van der Waals surface area (Å²) in [4.78, 5) is 1.45. The molecule has 2 N–H and O–H groups in total. The third-order valence-electron chi connectivity index (χ3n) is 4.00. The number of thiophene rings is 1. The first-order valence-corrected chi connectivity index (χ1v) is 8.48. The average molecular weight is 281 g/mol. The number of aliphatic hydroxyl groups is 1. The van der Waals surface area contributed by atoms with Gasteiger partial charge in [-0.15, -0.1) is 11.3 Å². The second-order valence-electron chi connectivity index (χ2n) is 6.29. The van der Waals surface area contributed by atoms with E-state index in [0.29, 0.717) is 17.9 Å². The molecule has 2 rings (SSSR count). The molecule has 1 aliphatic rings. The molecule has 3 atom stereocenters. The third kappa shape index (κ3) is 4.90. The number of rotatable bonds is 6. The molecule has 0 bridgehead atoms. The van der Waals surface area contributed by atoms with Gasteiger partial charge in [-0.2, -0.15) is 0 Å². The van der Waals surface area contributed by atoms with Crippen molar-refractivity contribution < 1.29 is 5.11 Å². The Hall–Kier alpha value is -0.380. The van der Waals surface area contributed by atoms with E-state index in [1.807, 2.05) is 11.3 Å². The number of aliphatic hydroxyl groups excluding tert-OH is 1. The van der Waals surface area contributed by atoms with Gasteiger partial charge in [0.2, 0.25) is 0 Å². The lowest BCUT2D eigenvalue weighted by Gasteiger charge is -2.28. The van der Waals surface area contributed by atoms with E-state index in [-0.39, 0.29) is 6.10 Å². The Balaban J connectivity index is 1.86. The molecule has 108 valence electrons. The molecule has 19 heavy (non-hydrogen) atoms. The summed E-state index contributed by atoms with van der Waals surface area (Å²) in [6.45, 7) is 5.62. The van der Waals surface area contributed by atoms with Crippen molar-refractivity contribution in [1.82, 2.24) is 5.32 Å². The van der Waals surface area contributed by atoms with Crippen molar-refractivity contribution in [3.63, 3.8) is 0 Å². The van der Waals surface area contributed by atoms with E-state index in [2.05, 4.69) is 36.7 Å². The summed E-state index contributed by atoms with van der Waals surface area (Å²) in [7, 11) is 0. The summed E-state index contributed by atoms with van der Waals surface area (Å²) in [5.41, 5.74) is 0. The van der Waals surface area contributed by atoms with Crippen LogP contribution in [0.5, 0.6) is 0 Å². The summed E-state index contributed by atoms with van der Waals surface area (Å²) in [5.74, 6) is 1.36. The van der Waals surface area contributed by atoms with Gasteiger partial charge in [0.15, 0.2) is 0 Å². The van der Waals surface area contributed by atoms with Gasteiger partial charge in [0.25, 0.3) is 0 Å². The molecule has 0 amide bonds. The molecular formula is C16H27NOS. The topological polar surface area (TPSA) is 32.3 Å². The van der Waals surface area contributed by atoms with E-state index in [0.717, 1.165) is 19.4 Å². The van der Waals surface area contributed by atoms with E-state index < -0.39 is 0 Å². The Morgan fingerprint density at radius 1 is 1.42 bits per heavy atom. The summed E-state index contributed by atoms with van der Waals surface area (Å²) >= 11 is 1.85. The van der Waals surface area contributed by atoms with Crippen LogP contribution in [0.4, 0.5) is 0 Å². The number of hydrogen-bond donors (Lipinski definition) is 2. The van der Waals surface area contributed by atoms with Crippen molar-refractivity contribution in [2.75, 3.05) is 6.54 Å². The highest BCUT2D eigenvalue weighted by atomic mass is 32.1. The fraction of sp³-hybridized carbons (Fsp3) is 0.750. The molecule has 1 heterocycles. The van der Waals surface area contributed by atoms with E-state index in [1.165, 1.54) is 24.1 Å². The lowest BCUT2D eigenvalue weighted by molar-refractivity contribution is 0.0993. The Labute approximate surface area is 121 Å². The second-order valence-corrected chi connectivity index (χ2v) is 7.27. The summed E-state index contributed by atoms with van der Waals surface area (Å²) < 4.78 is 0. The fourth-order valence-corrected chi connectivity index (χ4v) is 3.83.